The number of pyridine rings is 1. The summed E-state index contributed by atoms with van der Waals surface area (Å²) in [5, 5.41) is 2.02. The summed E-state index contributed by atoms with van der Waals surface area (Å²) < 4.78 is 0. The predicted octanol–water partition coefficient (Wildman–Crippen LogP) is 2.94. The zero-order chi connectivity index (χ0) is 12.8. The first-order valence-corrected chi connectivity index (χ1v) is 6.39. The summed E-state index contributed by atoms with van der Waals surface area (Å²) in [5.74, 6) is 0.200. The molecule has 94 valence electrons. The van der Waals surface area contributed by atoms with Crippen LogP contribution >= 0.6 is 0 Å². The molecule has 2 N–H and O–H groups in total. The van der Waals surface area contributed by atoms with Crippen LogP contribution in [-0.4, -0.2) is 17.3 Å². The Morgan fingerprint density at radius 3 is 2.89 bits per heavy atom. The zero-order valence-electron chi connectivity index (χ0n) is 10.4. The largest absolute Gasteiger partial charge is 0.330 e. The molecular formula is C15H18N2O. The van der Waals surface area contributed by atoms with Gasteiger partial charge in [-0.1, -0.05) is 24.6 Å². The third-order valence-corrected chi connectivity index (χ3v) is 3.09. The molecule has 1 heterocycles. The Morgan fingerprint density at radius 2 is 2.06 bits per heavy atom. The first-order chi connectivity index (χ1) is 8.83. The highest BCUT2D eigenvalue weighted by molar-refractivity contribution is 6.07. The highest BCUT2D eigenvalue weighted by Crippen LogP contribution is 2.19. The van der Waals surface area contributed by atoms with Gasteiger partial charge < -0.3 is 5.73 Å². The molecule has 0 aliphatic carbocycles. The molecule has 0 fully saturated rings. The van der Waals surface area contributed by atoms with Crippen molar-refractivity contribution in [1.29, 1.82) is 0 Å². The van der Waals surface area contributed by atoms with Crippen molar-refractivity contribution in [3.05, 3.63) is 42.2 Å². The second kappa shape index (κ2) is 6.26. The fourth-order valence-corrected chi connectivity index (χ4v) is 2.10. The standard InChI is InChI=1S/C15H18N2O/c16-9-3-1-2-7-15(18)13-6-4-5-12-8-10-17-11-14(12)13/h4-6,8,10-11H,1-3,7,9,16H2. The minimum absolute atomic E-state index is 0.200. The molecule has 18 heavy (non-hydrogen) atoms. The van der Waals surface area contributed by atoms with Crippen molar-refractivity contribution in [2.24, 2.45) is 5.73 Å². The Balaban J connectivity index is 2.13. The van der Waals surface area contributed by atoms with Crippen LogP contribution < -0.4 is 5.73 Å². The summed E-state index contributed by atoms with van der Waals surface area (Å²) in [6, 6.07) is 7.74. The van der Waals surface area contributed by atoms with Crippen molar-refractivity contribution in [3.63, 3.8) is 0 Å². The summed E-state index contributed by atoms with van der Waals surface area (Å²) in [6.07, 6.45) is 7.02. The van der Waals surface area contributed by atoms with Crippen LogP contribution in [0.15, 0.2) is 36.7 Å². The van der Waals surface area contributed by atoms with Gasteiger partial charge in [-0.2, -0.15) is 0 Å². The van der Waals surface area contributed by atoms with Crippen LogP contribution in [0.2, 0.25) is 0 Å². The van der Waals surface area contributed by atoms with E-state index in [2.05, 4.69) is 4.98 Å². The summed E-state index contributed by atoms with van der Waals surface area (Å²) in [7, 11) is 0. The number of nitrogens with two attached hydrogens (primary N) is 1. The number of rotatable bonds is 6. The number of Topliss-reactive ketones (excluding diaryl/α,β-unsaturated/α-hetero) is 1. The number of aromatic nitrogens is 1. The molecule has 0 saturated heterocycles. The lowest BCUT2D eigenvalue weighted by atomic mass is 10.00. The lowest BCUT2D eigenvalue weighted by Crippen LogP contribution is -2.02. The topological polar surface area (TPSA) is 56.0 Å². The van der Waals surface area contributed by atoms with Crippen molar-refractivity contribution < 1.29 is 4.79 Å². The number of carbonyl (C=O) groups is 1. The maximum atomic E-state index is 12.2. The smallest absolute Gasteiger partial charge is 0.163 e. The molecular weight excluding hydrogens is 224 g/mol. The Labute approximate surface area is 107 Å². The quantitative estimate of drug-likeness (QED) is 0.626. The molecule has 2 aromatic rings. The Kier molecular flexibility index (Phi) is 4.42. The number of carbonyl (C=O) groups excluding carboxylic acids is 1. The first-order valence-electron chi connectivity index (χ1n) is 6.39. The molecule has 3 heteroatoms. The fraction of sp³-hybridized carbons (Fsp3) is 0.333. The molecule has 0 amide bonds. The molecule has 0 saturated carbocycles. The molecule has 1 aromatic heterocycles. The van der Waals surface area contributed by atoms with Crippen molar-refractivity contribution >= 4 is 16.6 Å². The van der Waals surface area contributed by atoms with Crippen molar-refractivity contribution in [2.75, 3.05) is 6.54 Å². The van der Waals surface area contributed by atoms with E-state index in [9.17, 15) is 4.79 Å². The highest BCUT2D eigenvalue weighted by atomic mass is 16.1. The molecule has 0 unspecified atom stereocenters. The highest BCUT2D eigenvalue weighted by Gasteiger charge is 2.09. The Morgan fingerprint density at radius 1 is 1.17 bits per heavy atom. The lowest BCUT2D eigenvalue weighted by molar-refractivity contribution is 0.0981. The molecule has 0 aliphatic rings. The van der Waals surface area contributed by atoms with Crippen molar-refractivity contribution in [2.45, 2.75) is 25.7 Å². The SMILES string of the molecule is NCCCCCC(=O)c1cccc2ccncc12. The number of ketones is 1. The van der Waals surface area contributed by atoms with E-state index in [-0.39, 0.29) is 5.78 Å². The molecule has 0 atom stereocenters. The van der Waals surface area contributed by atoms with Gasteiger partial charge in [-0.05, 0) is 30.8 Å². The fourth-order valence-electron chi connectivity index (χ4n) is 2.10. The van der Waals surface area contributed by atoms with Crippen LogP contribution in [0.1, 0.15) is 36.0 Å². The lowest BCUT2D eigenvalue weighted by Gasteiger charge is -2.05. The number of fused-ring (bicyclic) bond motifs is 1. The van der Waals surface area contributed by atoms with E-state index in [0.717, 1.165) is 35.6 Å². The van der Waals surface area contributed by atoms with E-state index in [4.69, 9.17) is 5.73 Å². The van der Waals surface area contributed by atoms with Gasteiger partial charge in [-0.25, -0.2) is 0 Å². The number of nitrogens with zero attached hydrogens (tertiary/aromatic N) is 1. The van der Waals surface area contributed by atoms with Crippen LogP contribution in [0.5, 0.6) is 0 Å². The van der Waals surface area contributed by atoms with Gasteiger partial charge in [-0.15, -0.1) is 0 Å². The average Bonchev–Trinajstić information content (AvgIpc) is 2.43. The summed E-state index contributed by atoms with van der Waals surface area (Å²) in [5.41, 5.74) is 6.22. The van der Waals surface area contributed by atoms with Gasteiger partial charge in [0.2, 0.25) is 0 Å². The number of unbranched alkanes of at least 4 members (excludes halogenated alkanes) is 2. The van der Waals surface area contributed by atoms with Crippen LogP contribution in [-0.2, 0) is 0 Å². The van der Waals surface area contributed by atoms with E-state index in [0.29, 0.717) is 13.0 Å². The third kappa shape index (κ3) is 2.93. The monoisotopic (exact) mass is 242 g/mol. The van der Waals surface area contributed by atoms with Gasteiger partial charge in [-0.3, -0.25) is 9.78 Å². The Hall–Kier alpha value is -1.74. The predicted molar refractivity (Wildman–Crippen MR) is 73.6 cm³/mol. The van der Waals surface area contributed by atoms with Gasteiger partial charge in [0.25, 0.3) is 0 Å². The summed E-state index contributed by atoms with van der Waals surface area (Å²) in [4.78, 5) is 16.3. The first kappa shape index (κ1) is 12.7. The van der Waals surface area contributed by atoms with Gasteiger partial charge in [0, 0.05) is 29.8 Å². The molecule has 1 aromatic carbocycles. The van der Waals surface area contributed by atoms with Crippen LogP contribution in [0.25, 0.3) is 10.8 Å². The number of hydrogen-bond donors (Lipinski definition) is 1. The average molecular weight is 242 g/mol. The minimum Gasteiger partial charge on any atom is -0.330 e. The number of hydrogen-bond acceptors (Lipinski definition) is 3. The summed E-state index contributed by atoms with van der Waals surface area (Å²) in [6.45, 7) is 0.701. The minimum atomic E-state index is 0.200. The van der Waals surface area contributed by atoms with E-state index in [1.54, 1.807) is 12.4 Å². The van der Waals surface area contributed by atoms with Crippen LogP contribution in [0, 0.1) is 0 Å². The van der Waals surface area contributed by atoms with Crippen LogP contribution in [0.3, 0.4) is 0 Å². The molecule has 2 rings (SSSR count). The molecule has 3 nitrogen and oxygen atoms in total. The van der Waals surface area contributed by atoms with E-state index >= 15 is 0 Å². The van der Waals surface area contributed by atoms with Gasteiger partial charge in [0.1, 0.15) is 0 Å². The number of benzene rings is 1. The van der Waals surface area contributed by atoms with E-state index < -0.39 is 0 Å². The Bertz CT molecular complexity index is 532. The van der Waals surface area contributed by atoms with E-state index in [1.807, 2.05) is 24.3 Å². The van der Waals surface area contributed by atoms with E-state index in [1.165, 1.54) is 0 Å². The maximum absolute atomic E-state index is 12.2. The normalized spacial score (nSPS) is 10.7. The second-order valence-electron chi connectivity index (χ2n) is 4.42. The molecule has 0 spiro atoms. The third-order valence-electron chi connectivity index (χ3n) is 3.09. The van der Waals surface area contributed by atoms with Gasteiger partial charge in [0.15, 0.2) is 5.78 Å². The zero-order valence-corrected chi connectivity index (χ0v) is 10.4. The van der Waals surface area contributed by atoms with Crippen LogP contribution in [0.4, 0.5) is 0 Å². The molecule has 0 bridgehead atoms. The molecule has 0 radical (unpaired) electrons. The maximum Gasteiger partial charge on any atom is 0.163 e. The van der Waals surface area contributed by atoms with Gasteiger partial charge >= 0.3 is 0 Å². The van der Waals surface area contributed by atoms with Crippen molar-refractivity contribution in [3.8, 4) is 0 Å². The van der Waals surface area contributed by atoms with Crippen molar-refractivity contribution in [1.82, 2.24) is 4.98 Å². The summed E-state index contributed by atoms with van der Waals surface area (Å²) >= 11 is 0. The van der Waals surface area contributed by atoms with Gasteiger partial charge in [0.05, 0.1) is 0 Å². The second-order valence-corrected chi connectivity index (χ2v) is 4.42. The molecule has 0 aliphatic heterocycles.